The largest absolute Gasteiger partial charge is 0.362 e. The van der Waals surface area contributed by atoms with Gasteiger partial charge in [0.15, 0.2) is 0 Å². The second-order valence-corrected chi connectivity index (χ2v) is 4.48. The highest BCUT2D eigenvalue weighted by molar-refractivity contribution is 5.95. The number of rotatable bonds is 6. The number of hydrogen-bond acceptors (Lipinski definition) is 4. The van der Waals surface area contributed by atoms with Crippen LogP contribution in [0.15, 0.2) is 18.2 Å². The minimum Gasteiger partial charge on any atom is -0.362 e. The lowest BCUT2D eigenvalue weighted by atomic mass is 10.1. The molecule has 0 aliphatic carbocycles. The van der Waals surface area contributed by atoms with Crippen LogP contribution in [0, 0.1) is 12.7 Å². The van der Waals surface area contributed by atoms with Gasteiger partial charge in [-0.2, -0.15) is 0 Å². The molecule has 7 heteroatoms. The molecular weight excluding hydrogens is 303 g/mol. The summed E-state index contributed by atoms with van der Waals surface area (Å²) < 4.78 is 13.0. The molecule has 0 heterocycles. The van der Waals surface area contributed by atoms with Gasteiger partial charge in [0.25, 0.3) is 5.91 Å². The summed E-state index contributed by atoms with van der Waals surface area (Å²) in [6.45, 7) is 5.57. The van der Waals surface area contributed by atoms with Crippen LogP contribution < -0.4 is 10.6 Å². The lowest BCUT2D eigenvalue weighted by Crippen LogP contribution is -2.33. The van der Waals surface area contributed by atoms with Crippen molar-refractivity contribution in [2.24, 2.45) is 0 Å². The van der Waals surface area contributed by atoms with Gasteiger partial charge in [0.05, 0.1) is 0 Å². The van der Waals surface area contributed by atoms with Crippen LogP contribution in [0.5, 0.6) is 0 Å². The number of aldehydes is 1. The smallest absolute Gasteiger partial charge is 0.251 e. The van der Waals surface area contributed by atoms with E-state index in [0.717, 1.165) is 11.8 Å². The van der Waals surface area contributed by atoms with Crippen molar-refractivity contribution in [1.82, 2.24) is 10.6 Å². The average Bonchev–Trinajstić information content (AvgIpc) is 2.57. The van der Waals surface area contributed by atoms with Gasteiger partial charge >= 0.3 is 0 Å². The third-order valence-corrected chi connectivity index (χ3v) is 2.66. The first-order valence-corrected chi connectivity index (χ1v) is 6.86. The molecule has 1 aromatic rings. The number of carbonyl (C=O) groups is 4. The molecule has 0 saturated heterocycles. The second kappa shape index (κ2) is 14.4. The van der Waals surface area contributed by atoms with Crippen molar-refractivity contribution >= 4 is 25.4 Å². The fourth-order valence-electron chi connectivity index (χ4n) is 1.53. The lowest BCUT2D eigenvalue weighted by Gasteiger charge is -2.13. The van der Waals surface area contributed by atoms with E-state index >= 15 is 0 Å². The Morgan fingerprint density at radius 2 is 1.91 bits per heavy atom. The maximum absolute atomic E-state index is 13.0. The summed E-state index contributed by atoms with van der Waals surface area (Å²) in [6, 6.07) is 4.01. The molecule has 0 aromatic heterocycles. The van der Waals surface area contributed by atoms with Crippen molar-refractivity contribution in [1.29, 1.82) is 0 Å². The molecule has 2 amide bonds. The van der Waals surface area contributed by atoms with Gasteiger partial charge in [0.2, 0.25) is 6.41 Å². The Hall–Kier alpha value is -2.57. The highest BCUT2D eigenvalue weighted by Gasteiger charge is 2.12. The summed E-state index contributed by atoms with van der Waals surface area (Å²) in [6.07, 6.45) is 2.43. The molecule has 128 valence electrons. The number of benzene rings is 1. The monoisotopic (exact) mass is 326 g/mol. The Balaban J connectivity index is 0. The number of aryl methyl sites for hydroxylation is 1. The van der Waals surface area contributed by atoms with Gasteiger partial charge in [-0.1, -0.05) is 6.07 Å². The van der Waals surface area contributed by atoms with Crippen LogP contribution in [0.3, 0.4) is 0 Å². The van der Waals surface area contributed by atoms with Gasteiger partial charge in [-0.05, 0) is 38.0 Å². The summed E-state index contributed by atoms with van der Waals surface area (Å²) in [7, 11) is 1.56. The molecule has 0 saturated carbocycles. The predicted molar refractivity (Wildman–Crippen MR) is 85.6 cm³/mol. The van der Waals surface area contributed by atoms with Gasteiger partial charge in [-0.25, -0.2) is 4.39 Å². The molecule has 0 bridgehead atoms. The summed E-state index contributed by atoms with van der Waals surface area (Å²) in [5.74, 6) is -0.735. The lowest BCUT2D eigenvalue weighted by molar-refractivity contribution is -0.109. The molecule has 6 nitrogen and oxygen atoms in total. The van der Waals surface area contributed by atoms with E-state index in [9.17, 15) is 14.0 Å². The van der Waals surface area contributed by atoms with Gasteiger partial charge in [0, 0.05) is 25.1 Å². The molecule has 0 spiro atoms. The standard InChI is InChI=1S/C13H16FNO2.C2H5NO.CH2O/c1-9-5-6-11(14)8-12(9)13(17)15-10(2)4-3-7-16;1-3-2-4;1-2/h5-8,10H,3-4H2,1-2H3,(H,15,17);2H,1H3,(H,3,4);1H2. The number of hydrogen-bond donors (Lipinski definition) is 2. The maximum Gasteiger partial charge on any atom is 0.251 e. The number of halogens is 1. The van der Waals surface area contributed by atoms with Crippen LogP contribution in [-0.2, 0) is 14.4 Å². The Labute approximate surface area is 135 Å². The Kier molecular flexibility index (Phi) is 14.2. The first kappa shape index (κ1) is 22.7. The van der Waals surface area contributed by atoms with Crippen LogP contribution in [0.1, 0.15) is 35.7 Å². The molecule has 0 aliphatic heterocycles. The fraction of sp³-hybridized carbons (Fsp3) is 0.375. The number of nitrogens with one attached hydrogen (secondary N) is 2. The van der Waals surface area contributed by atoms with Crippen LogP contribution in [0.2, 0.25) is 0 Å². The fourth-order valence-corrected chi connectivity index (χ4v) is 1.53. The molecule has 0 aliphatic rings. The second-order valence-electron chi connectivity index (χ2n) is 4.48. The Bertz CT molecular complexity index is 495. The van der Waals surface area contributed by atoms with E-state index in [4.69, 9.17) is 9.59 Å². The van der Waals surface area contributed by atoms with Crippen molar-refractivity contribution in [3.8, 4) is 0 Å². The molecule has 0 radical (unpaired) electrons. The third kappa shape index (κ3) is 10.8. The van der Waals surface area contributed by atoms with Gasteiger partial charge < -0.3 is 20.2 Å². The average molecular weight is 326 g/mol. The van der Waals surface area contributed by atoms with Crippen LogP contribution in [0.25, 0.3) is 0 Å². The number of amides is 2. The zero-order valence-electron chi connectivity index (χ0n) is 13.6. The Morgan fingerprint density at radius 1 is 1.35 bits per heavy atom. The highest BCUT2D eigenvalue weighted by Crippen LogP contribution is 2.10. The number of carbonyl (C=O) groups excluding carboxylic acids is 4. The van der Waals surface area contributed by atoms with E-state index < -0.39 is 5.82 Å². The van der Waals surface area contributed by atoms with E-state index in [1.807, 2.05) is 13.7 Å². The SMILES string of the molecule is C=O.CNC=O.Cc1ccc(F)cc1C(=O)NC(C)CCC=O. The van der Waals surface area contributed by atoms with Gasteiger partial charge in [0.1, 0.15) is 18.9 Å². The van der Waals surface area contributed by atoms with Crippen molar-refractivity contribution in [3.05, 3.63) is 35.1 Å². The summed E-state index contributed by atoms with van der Waals surface area (Å²) >= 11 is 0. The van der Waals surface area contributed by atoms with Crippen LogP contribution >= 0.6 is 0 Å². The van der Waals surface area contributed by atoms with Gasteiger partial charge in [-0.15, -0.1) is 0 Å². The molecule has 23 heavy (non-hydrogen) atoms. The Morgan fingerprint density at radius 3 is 2.39 bits per heavy atom. The first-order chi connectivity index (χ1) is 11.0. The summed E-state index contributed by atoms with van der Waals surface area (Å²) in [5.41, 5.74) is 1.06. The minimum absolute atomic E-state index is 0.102. The third-order valence-electron chi connectivity index (χ3n) is 2.66. The molecule has 2 N–H and O–H groups in total. The van der Waals surface area contributed by atoms with Crippen LogP contribution in [0.4, 0.5) is 4.39 Å². The zero-order valence-corrected chi connectivity index (χ0v) is 13.6. The minimum atomic E-state index is -0.429. The predicted octanol–water partition coefficient (Wildman–Crippen LogP) is 1.41. The van der Waals surface area contributed by atoms with E-state index in [0.29, 0.717) is 24.8 Å². The summed E-state index contributed by atoms with van der Waals surface area (Å²) in [5, 5.41) is 4.98. The van der Waals surface area contributed by atoms with Gasteiger partial charge in [-0.3, -0.25) is 9.59 Å². The molecule has 1 aromatic carbocycles. The normalized spacial score (nSPS) is 9.91. The van der Waals surface area contributed by atoms with Crippen molar-refractivity contribution in [3.63, 3.8) is 0 Å². The van der Waals surface area contributed by atoms with E-state index in [1.54, 1.807) is 20.0 Å². The quantitative estimate of drug-likeness (QED) is 0.773. The van der Waals surface area contributed by atoms with Crippen molar-refractivity contribution in [2.45, 2.75) is 32.7 Å². The van der Waals surface area contributed by atoms with E-state index in [-0.39, 0.29) is 11.9 Å². The molecule has 1 unspecified atom stereocenters. The topological polar surface area (TPSA) is 92.3 Å². The van der Waals surface area contributed by atoms with Crippen molar-refractivity contribution < 1.29 is 23.6 Å². The molecule has 1 rings (SSSR count). The zero-order chi connectivity index (χ0) is 18.3. The van der Waals surface area contributed by atoms with Crippen molar-refractivity contribution in [2.75, 3.05) is 7.05 Å². The van der Waals surface area contributed by atoms with E-state index in [2.05, 4.69) is 10.6 Å². The highest BCUT2D eigenvalue weighted by atomic mass is 19.1. The molecular formula is C16H23FN2O4. The summed E-state index contributed by atoms with van der Waals surface area (Å²) in [4.78, 5) is 39.1. The first-order valence-electron chi connectivity index (χ1n) is 6.86. The maximum atomic E-state index is 13.0. The molecule has 0 fully saturated rings. The van der Waals surface area contributed by atoms with Crippen LogP contribution in [-0.4, -0.2) is 38.5 Å². The molecule has 1 atom stereocenters. The van der Waals surface area contributed by atoms with E-state index in [1.165, 1.54) is 12.1 Å².